The Labute approximate surface area is 235 Å². The first-order chi connectivity index (χ1) is 19.3. The summed E-state index contributed by atoms with van der Waals surface area (Å²) in [6, 6.07) is 6.92. The van der Waals surface area contributed by atoms with Crippen LogP contribution in [0.1, 0.15) is 50.3 Å². The Kier molecular flexibility index (Phi) is 9.52. The van der Waals surface area contributed by atoms with Gasteiger partial charge in [-0.05, 0) is 73.7 Å². The van der Waals surface area contributed by atoms with E-state index in [-0.39, 0.29) is 23.8 Å². The van der Waals surface area contributed by atoms with Crippen LogP contribution in [0.5, 0.6) is 17.2 Å². The van der Waals surface area contributed by atoms with Crippen LogP contribution >= 0.6 is 0 Å². The summed E-state index contributed by atoms with van der Waals surface area (Å²) in [5.41, 5.74) is 3.15. The lowest BCUT2D eigenvalue weighted by molar-refractivity contribution is -0.120. The van der Waals surface area contributed by atoms with Gasteiger partial charge in [-0.3, -0.25) is 19.3 Å². The number of likely N-dealkylation sites (tertiary alicyclic amines) is 1. The molecule has 2 amide bonds. The van der Waals surface area contributed by atoms with Gasteiger partial charge in [-0.2, -0.15) is 0 Å². The average Bonchev–Trinajstić information content (AvgIpc) is 3.28. The summed E-state index contributed by atoms with van der Waals surface area (Å²) in [7, 11) is 4.68. The van der Waals surface area contributed by atoms with Gasteiger partial charge in [0.2, 0.25) is 23.0 Å². The highest BCUT2D eigenvalue weighted by molar-refractivity contribution is 5.84. The smallest absolute Gasteiger partial charge is 0.239 e. The van der Waals surface area contributed by atoms with Crippen LogP contribution in [0.3, 0.4) is 0 Å². The van der Waals surface area contributed by atoms with Crippen molar-refractivity contribution in [1.82, 2.24) is 15.5 Å². The fourth-order valence-corrected chi connectivity index (χ4v) is 5.87. The van der Waals surface area contributed by atoms with Crippen LogP contribution in [0.15, 0.2) is 29.1 Å². The second-order valence-electron chi connectivity index (χ2n) is 10.2. The quantitative estimate of drug-likeness (QED) is 0.412. The van der Waals surface area contributed by atoms with Crippen LogP contribution < -0.4 is 35.6 Å². The summed E-state index contributed by atoms with van der Waals surface area (Å²) < 4.78 is 17.0. The zero-order chi connectivity index (χ0) is 28.8. The first-order valence-electron chi connectivity index (χ1n) is 13.8. The van der Waals surface area contributed by atoms with E-state index in [0.717, 1.165) is 42.6 Å². The standard InChI is InChI=1S/C30H40N4O6/c1-6-34-13-7-8-20(34)16-32-27(37)17-31-24-12-10-21-22(15-25(24)36)23(33-18(2)35)11-9-19-14-26(38-3)29(39-4)30(40-5)28(19)21/h10,12,14-15,20,23H,6-9,11,13,16-17H2,1-5H3,(H,31,36)(H,32,37)(H,33,35). The summed E-state index contributed by atoms with van der Waals surface area (Å²) in [6.07, 6.45) is 3.40. The maximum Gasteiger partial charge on any atom is 0.239 e. The summed E-state index contributed by atoms with van der Waals surface area (Å²) >= 11 is 0. The number of nitrogens with zero attached hydrogens (tertiary/aromatic N) is 1. The number of carbonyl (C=O) groups excluding carboxylic acids is 2. The molecule has 1 aliphatic carbocycles. The molecule has 216 valence electrons. The third-order valence-electron chi connectivity index (χ3n) is 7.80. The van der Waals surface area contributed by atoms with Crippen molar-refractivity contribution in [3.05, 3.63) is 45.6 Å². The van der Waals surface area contributed by atoms with E-state index < -0.39 is 6.04 Å². The van der Waals surface area contributed by atoms with E-state index >= 15 is 0 Å². The van der Waals surface area contributed by atoms with Gasteiger partial charge in [-0.1, -0.05) is 13.0 Å². The molecule has 0 bridgehead atoms. The maximum atomic E-state index is 13.4. The molecule has 1 fully saturated rings. The van der Waals surface area contributed by atoms with E-state index in [1.807, 2.05) is 12.1 Å². The fourth-order valence-electron chi connectivity index (χ4n) is 5.87. The van der Waals surface area contributed by atoms with Crippen LogP contribution in [0, 0.1) is 0 Å². The molecule has 10 heteroatoms. The Morgan fingerprint density at radius 2 is 1.82 bits per heavy atom. The Balaban J connectivity index is 1.68. The minimum atomic E-state index is -0.397. The van der Waals surface area contributed by atoms with E-state index in [9.17, 15) is 14.4 Å². The van der Waals surface area contributed by atoms with Gasteiger partial charge < -0.3 is 30.2 Å². The lowest BCUT2D eigenvalue weighted by Gasteiger charge is -2.22. The number of nitrogens with one attached hydrogen (secondary N) is 3. The molecule has 1 aliphatic heterocycles. The van der Waals surface area contributed by atoms with Crippen LogP contribution in [0.2, 0.25) is 0 Å². The molecule has 2 unspecified atom stereocenters. The summed E-state index contributed by atoms with van der Waals surface area (Å²) in [5.74, 6) is 1.11. The summed E-state index contributed by atoms with van der Waals surface area (Å²) in [5, 5.41) is 9.01. The number of benzene rings is 1. The number of hydrogen-bond acceptors (Lipinski definition) is 8. The molecule has 0 spiro atoms. The second kappa shape index (κ2) is 13.0. The van der Waals surface area contributed by atoms with Gasteiger partial charge in [0.15, 0.2) is 11.5 Å². The van der Waals surface area contributed by atoms with Crippen molar-refractivity contribution >= 4 is 17.5 Å². The molecule has 4 rings (SSSR count). The van der Waals surface area contributed by atoms with Crippen molar-refractivity contribution in [3.8, 4) is 28.4 Å². The minimum Gasteiger partial charge on any atom is -0.493 e. The van der Waals surface area contributed by atoms with Crippen LogP contribution in [0.4, 0.5) is 5.69 Å². The number of anilines is 1. The highest BCUT2D eigenvalue weighted by Gasteiger charge is 2.29. The molecule has 2 aromatic carbocycles. The third kappa shape index (κ3) is 6.17. The second-order valence-corrected chi connectivity index (χ2v) is 10.2. The van der Waals surface area contributed by atoms with E-state index in [4.69, 9.17) is 14.2 Å². The van der Waals surface area contributed by atoms with Gasteiger partial charge in [-0.15, -0.1) is 0 Å². The monoisotopic (exact) mass is 552 g/mol. The SMILES string of the molecule is CCN1CCCC1CNC(=O)CNc1ccc2c(cc1=O)C(NC(C)=O)CCc1cc(OC)c(OC)c(OC)c1-2. The zero-order valence-corrected chi connectivity index (χ0v) is 24.0. The van der Waals surface area contributed by atoms with Crippen LogP contribution in [-0.2, 0) is 16.0 Å². The summed E-state index contributed by atoms with van der Waals surface area (Å²) in [4.78, 5) is 40.5. The van der Waals surface area contributed by atoms with Crippen molar-refractivity contribution in [3.63, 3.8) is 0 Å². The lowest BCUT2D eigenvalue weighted by atomic mass is 9.95. The van der Waals surface area contributed by atoms with Crippen LogP contribution in [0.25, 0.3) is 11.1 Å². The highest BCUT2D eigenvalue weighted by Crippen LogP contribution is 2.50. The van der Waals surface area contributed by atoms with Gasteiger partial charge in [0.05, 0.1) is 39.6 Å². The predicted molar refractivity (Wildman–Crippen MR) is 154 cm³/mol. The molecule has 3 N–H and O–H groups in total. The van der Waals surface area contributed by atoms with Gasteiger partial charge in [0.1, 0.15) is 0 Å². The molecule has 2 atom stereocenters. The number of aryl methyl sites for hydroxylation is 1. The summed E-state index contributed by atoms with van der Waals surface area (Å²) in [6.45, 7) is 6.19. The number of hydrogen-bond donors (Lipinski definition) is 3. The lowest BCUT2D eigenvalue weighted by Crippen LogP contribution is -2.41. The number of carbonyl (C=O) groups is 2. The van der Waals surface area contributed by atoms with Gasteiger partial charge in [-0.25, -0.2) is 0 Å². The highest BCUT2D eigenvalue weighted by atomic mass is 16.5. The molecule has 0 aromatic heterocycles. The fraction of sp³-hybridized carbons (Fsp3) is 0.500. The Bertz CT molecular complexity index is 1310. The largest absolute Gasteiger partial charge is 0.493 e. The van der Waals surface area contributed by atoms with Crippen molar-refractivity contribution in [1.29, 1.82) is 0 Å². The van der Waals surface area contributed by atoms with Gasteiger partial charge >= 0.3 is 0 Å². The molecule has 0 radical (unpaired) electrons. The minimum absolute atomic E-state index is 0.0250. The molecular formula is C30H40N4O6. The van der Waals surface area contributed by atoms with Gasteiger partial charge in [0.25, 0.3) is 0 Å². The van der Waals surface area contributed by atoms with Crippen LogP contribution in [-0.4, -0.2) is 70.3 Å². The Morgan fingerprint density at radius 1 is 1.05 bits per heavy atom. The topological polar surface area (TPSA) is 118 Å². The number of rotatable bonds is 10. The number of fused-ring (bicyclic) bond motifs is 3. The number of ether oxygens (including phenoxy) is 3. The predicted octanol–water partition coefficient (Wildman–Crippen LogP) is 2.88. The molecular weight excluding hydrogens is 512 g/mol. The molecule has 1 heterocycles. The zero-order valence-electron chi connectivity index (χ0n) is 24.0. The number of amides is 2. The van der Waals surface area contributed by atoms with E-state index in [2.05, 4.69) is 27.8 Å². The molecule has 10 nitrogen and oxygen atoms in total. The van der Waals surface area contributed by atoms with Crippen molar-refractivity contribution in [2.75, 3.05) is 52.8 Å². The van der Waals surface area contributed by atoms with Crippen molar-refractivity contribution in [2.24, 2.45) is 0 Å². The molecule has 2 aromatic rings. The molecule has 1 saturated heterocycles. The molecule has 40 heavy (non-hydrogen) atoms. The number of methoxy groups -OCH3 is 3. The normalized spacial score (nSPS) is 18.1. The van der Waals surface area contributed by atoms with Crippen molar-refractivity contribution < 1.29 is 23.8 Å². The average molecular weight is 553 g/mol. The van der Waals surface area contributed by atoms with E-state index in [1.165, 1.54) is 6.92 Å². The first kappa shape index (κ1) is 29.2. The van der Waals surface area contributed by atoms with E-state index in [1.54, 1.807) is 33.5 Å². The van der Waals surface area contributed by atoms with E-state index in [0.29, 0.717) is 53.9 Å². The Morgan fingerprint density at radius 3 is 2.50 bits per heavy atom. The number of likely N-dealkylation sites (N-methyl/N-ethyl adjacent to an activating group) is 1. The van der Waals surface area contributed by atoms with Crippen molar-refractivity contribution in [2.45, 2.75) is 51.6 Å². The first-order valence-corrected chi connectivity index (χ1v) is 13.8. The molecule has 0 saturated carbocycles. The third-order valence-corrected chi connectivity index (χ3v) is 7.80. The maximum absolute atomic E-state index is 13.4. The Hall–Kier alpha value is -3.79. The molecule has 2 aliphatic rings. The van der Waals surface area contributed by atoms with Gasteiger partial charge in [0, 0.05) is 25.1 Å².